The monoisotopic (exact) mass is 282 g/mol. The lowest BCUT2D eigenvalue weighted by atomic mass is 9.96. The van der Waals surface area contributed by atoms with E-state index in [1.54, 1.807) is 11.3 Å². The van der Waals surface area contributed by atoms with E-state index >= 15 is 0 Å². The number of hydrogen-bond donors (Lipinski definition) is 0. The first kappa shape index (κ1) is 14.3. The van der Waals surface area contributed by atoms with Crippen LogP contribution in [-0.4, -0.2) is 23.7 Å². The van der Waals surface area contributed by atoms with E-state index in [0.29, 0.717) is 12.5 Å². The van der Waals surface area contributed by atoms with Gasteiger partial charge < -0.3 is 9.30 Å². The Bertz CT molecular complexity index is 484. The highest BCUT2D eigenvalue weighted by Crippen LogP contribution is 2.20. The number of hydrogen-bond acceptors (Lipinski definition) is 4. The average molecular weight is 282 g/mol. The number of methoxy groups -OCH3 is 1. The number of aryl methyl sites for hydroxylation is 1. The number of rotatable bonds is 4. The van der Waals surface area contributed by atoms with E-state index in [9.17, 15) is 4.79 Å². The fourth-order valence-electron chi connectivity index (χ4n) is 2.44. The molecular formula is C14H22N2O2S. The predicted octanol–water partition coefficient (Wildman–Crippen LogP) is 2.43. The Balaban J connectivity index is 2.04. The van der Waals surface area contributed by atoms with E-state index in [1.165, 1.54) is 39.2 Å². The second-order valence-corrected chi connectivity index (χ2v) is 5.90. The summed E-state index contributed by atoms with van der Waals surface area (Å²) >= 11 is 1.67. The maximum atomic E-state index is 11.2. The lowest BCUT2D eigenvalue weighted by molar-refractivity contribution is -0.140. The van der Waals surface area contributed by atoms with Crippen LogP contribution in [0.2, 0.25) is 0 Å². The average Bonchev–Trinajstić information content (AvgIpc) is 2.78. The van der Waals surface area contributed by atoms with Crippen molar-refractivity contribution in [3.63, 3.8) is 0 Å². The van der Waals surface area contributed by atoms with Crippen LogP contribution in [0.25, 0.3) is 0 Å². The van der Waals surface area contributed by atoms with Gasteiger partial charge in [0.25, 0.3) is 0 Å². The van der Waals surface area contributed by atoms with Crippen molar-refractivity contribution >= 4 is 17.3 Å². The molecular weight excluding hydrogens is 260 g/mol. The van der Waals surface area contributed by atoms with Crippen LogP contribution in [0.5, 0.6) is 0 Å². The minimum Gasteiger partial charge on any atom is -0.469 e. The summed E-state index contributed by atoms with van der Waals surface area (Å²) in [7, 11) is 3.46. The van der Waals surface area contributed by atoms with Crippen LogP contribution in [0.3, 0.4) is 0 Å². The Morgan fingerprint density at radius 2 is 2.21 bits per heavy atom. The summed E-state index contributed by atoms with van der Waals surface area (Å²) in [5.74, 6) is -0.156. The zero-order valence-electron chi connectivity index (χ0n) is 11.7. The molecule has 0 saturated heterocycles. The fourth-order valence-corrected chi connectivity index (χ4v) is 3.45. The van der Waals surface area contributed by atoms with Crippen molar-refractivity contribution in [1.82, 2.24) is 4.57 Å². The zero-order valence-corrected chi connectivity index (χ0v) is 12.5. The summed E-state index contributed by atoms with van der Waals surface area (Å²) in [6.45, 7) is 0. The first-order valence-electron chi connectivity index (χ1n) is 6.94. The molecule has 1 aromatic heterocycles. The molecule has 4 nitrogen and oxygen atoms in total. The highest BCUT2D eigenvalue weighted by molar-refractivity contribution is 7.07. The van der Waals surface area contributed by atoms with Gasteiger partial charge >= 0.3 is 5.97 Å². The first-order valence-corrected chi connectivity index (χ1v) is 7.82. The topological polar surface area (TPSA) is 43.6 Å². The molecule has 2 rings (SSSR count). The number of aromatic nitrogens is 1. The molecule has 0 amide bonds. The molecule has 0 aliphatic heterocycles. The molecule has 0 aromatic carbocycles. The van der Waals surface area contributed by atoms with Crippen molar-refractivity contribution in [1.29, 1.82) is 0 Å². The summed E-state index contributed by atoms with van der Waals surface area (Å²) in [5.41, 5.74) is 1.16. The minimum absolute atomic E-state index is 0.156. The van der Waals surface area contributed by atoms with Crippen molar-refractivity contribution < 1.29 is 9.53 Å². The van der Waals surface area contributed by atoms with Crippen LogP contribution in [0.15, 0.2) is 10.4 Å². The third-order valence-corrected chi connectivity index (χ3v) is 4.68. The molecule has 0 atom stereocenters. The Kier molecular flexibility index (Phi) is 5.19. The molecule has 106 valence electrons. The number of carbonyl (C=O) groups excluding carboxylic acids is 1. The summed E-state index contributed by atoms with van der Waals surface area (Å²) in [6, 6.07) is 0.493. The van der Waals surface area contributed by atoms with E-state index in [2.05, 4.69) is 14.7 Å². The molecule has 1 aliphatic carbocycles. The number of nitrogens with zero attached hydrogens (tertiary/aromatic N) is 2. The molecule has 0 bridgehead atoms. The fraction of sp³-hybridized carbons (Fsp3) is 0.714. The van der Waals surface area contributed by atoms with Gasteiger partial charge in [-0.1, -0.05) is 19.3 Å². The molecule has 1 saturated carbocycles. The van der Waals surface area contributed by atoms with Crippen molar-refractivity contribution in [2.24, 2.45) is 12.0 Å². The molecule has 0 N–H and O–H groups in total. The number of thiazole rings is 1. The molecule has 0 radical (unpaired) electrons. The van der Waals surface area contributed by atoms with Crippen LogP contribution >= 0.6 is 11.3 Å². The lowest BCUT2D eigenvalue weighted by Crippen LogP contribution is -2.19. The molecule has 5 heteroatoms. The first-order chi connectivity index (χ1) is 9.20. The van der Waals surface area contributed by atoms with Crippen LogP contribution in [0.1, 0.15) is 44.2 Å². The van der Waals surface area contributed by atoms with Gasteiger partial charge in [-0.2, -0.15) is 0 Å². The Morgan fingerprint density at radius 1 is 1.47 bits per heavy atom. The van der Waals surface area contributed by atoms with Gasteiger partial charge in [0.2, 0.25) is 0 Å². The molecule has 1 aromatic rings. The van der Waals surface area contributed by atoms with Crippen LogP contribution in [-0.2, 0) is 23.0 Å². The third kappa shape index (κ3) is 3.93. The number of esters is 1. The second-order valence-electron chi connectivity index (χ2n) is 5.07. The number of ether oxygens (including phenoxy) is 1. The molecule has 1 heterocycles. The van der Waals surface area contributed by atoms with Crippen LogP contribution in [0, 0.1) is 0 Å². The normalized spacial score (nSPS) is 17.7. The maximum absolute atomic E-state index is 11.2. The third-order valence-electron chi connectivity index (χ3n) is 3.70. The van der Waals surface area contributed by atoms with E-state index in [0.717, 1.165) is 16.9 Å². The molecule has 0 spiro atoms. The van der Waals surface area contributed by atoms with E-state index in [4.69, 9.17) is 4.99 Å². The SMILES string of the molecule is COC(=O)CCc1csc(=NC2CCCCC2)n1C. The largest absolute Gasteiger partial charge is 0.469 e. The van der Waals surface area contributed by atoms with Gasteiger partial charge in [0.1, 0.15) is 0 Å². The zero-order chi connectivity index (χ0) is 13.7. The van der Waals surface area contributed by atoms with Crippen molar-refractivity contribution in [3.8, 4) is 0 Å². The van der Waals surface area contributed by atoms with Crippen LogP contribution in [0.4, 0.5) is 0 Å². The van der Waals surface area contributed by atoms with Gasteiger partial charge in [0.05, 0.1) is 19.6 Å². The maximum Gasteiger partial charge on any atom is 0.305 e. The second kappa shape index (κ2) is 6.89. The highest BCUT2D eigenvalue weighted by atomic mass is 32.1. The van der Waals surface area contributed by atoms with Gasteiger partial charge in [-0.25, -0.2) is 0 Å². The van der Waals surface area contributed by atoms with Crippen molar-refractivity contribution in [2.75, 3.05) is 7.11 Å². The Morgan fingerprint density at radius 3 is 2.89 bits per heavy atom. The molecule has 0 unspecified atom stereocenters. The van der Waals surface area contributed by atoms with Crippen molar-refractivity contribution in [3.05, 3.63) is 15.9 Å². The quantitative estimate of drug-likeness (QED) is 0.796. The van der Waals surface area contributed by atoms with E-state index in [1.807, 2.05) is 7.05 Å². The molecule has 1 fully saturated rings. The van der Waals surface area contributed by atoms with Gasteiger partial charge in [0.15, 0.2) is 4.80 Å². The van der Waals surface area contributed by atoms with Gasteiger partial charge in [0, 0.05) is 18.1 Å². The number of carbonyl (C=O) groups is 1. The van der Waals surface area contributed by atoms with Gasteiger partial charge in [-0.3, -0.25) is 9.79 Å². The minimum atomic E-state index is -0.156. The Labute approximate surface area is 118 Å². The lowest BCUT2D eigenvalue weighted by Gasteiger charge is -2.16. The summed E-state index contributed by atoms with van der Waals surface area (Å²) in [6.07, 6.45) is 7.55. The highest BCUT2D eigenvalue weighted by Gasteiger charge is 2.12. The standard InChI is InChI=1S/C14H22N2O2S/c1-16-12(8-9-13(17)18-2)10-19-14(16)15-11-6-4-3-5-7-11/h10-11H,3-9H2,1-2H3. The van der Waals surface area contributed by atoms with Crippen molar-refractivity contribution in [2.45, 2.75) is 51.0 Å². The van der Waals surface area contributed by atoms with Gasteiger partial charge in [-0.05, 0) is 19.3 Å². The van der Waals surface area contributed by atoms with Gasteiger partial charge in [-0.15, -0.1) is 11.3 Å². The summed E-state index contributed by atoms with van der Waals surface area (Å²) < 4.78 is 6.79. The molecule has 19 heavy (non-hydrogen) atoms. The molecule has 1 aliphatic rings. The summed E-state index contributed by atoms with van der Waals surface area (Å²) in [5, 5.41) is 2.10. The smallest absolute Gasteiger partial charge is 0.305 e. The van der Waals surface area contributed by atoms with E-state index in [-0.39, 0.29) is 5.97 Å². The summed E-state index contributed by atoms with van der Waals surface area (Å²) in [4.78, 5) is 17.1. The van der Waals surface area contributed by atoms with E-state index < -0.39 is 0 Å². The van der Waals surface area contributed by atoms with Crippen LogP contribution < -0.4 is 4.80 Å². The Hall–Kier alpha value is -1.10. The predicted molar refractivity (Wildman–Crippen MR) is 76.1 cm³/mol.